The SMILES string of the molecule is Cc1ncsc1CCNCc1cccc(OCC(O)CN2CCOCC2)c1. The van der Waals surface area contributed by atoms with Crippen molar-refractivity contribution in [1.29, 1.82) is 0 Å². The van der Waals surface area contributed by atoms with Crippen molar-refractivity contribution in [3.63, 3.8) is 0 Å². The molecular formula is C20H29N3O3S. The van der Waals surface area contributed by atoms with E-state index >= 15 is 0 Å². The maximum absolute atomic E-state index is 10.2. The van der Waals surface area contributed by atoms with Gasteiger partial charge in [-0.25, -0.2) is 4.98 Å². The van der Waals surface area contributed by atoms with E-state index in [0.29, 0.717) is 13.2 Å². The maximum Gasteiger partial charge on any atom is 0.119 e. The molecule has 0 bridgehead atoms. The van der Waals surface area contributed by atoms with E-state index in [9.17, 15) is 5.11 Å². The van der Waals surface area contributed by atoms with Gasteiger partial charge >= 0.3 is 0 Å². The summed E-state index contributed by atoms with van der Waals surface area (Å²) < 4.78 is 11.1. The molecule has 27 heavy (non-hydrogen) atoms. The second kappa shape index (κ2) is 10.7. The molecule has 1 atom stereocenters. The number of aliphatic hydroxyl groups excluding tert-OH is 1. The number of aliphatic hydroxyl groups is 1. The molecule has 2 heterocycles. The van der Waals surface area contributed by atoms with Crippen LogP contribution in [0.3, 0.4) is 0 Å². The summed E-state index contributed by atoms with van der Waals surface area (Å²) in [7, 11) is 0. The number of nitrogens with zero attached hydrogens (tertiary/aromatic N) is 2. The van der Waals surface area contributed by atoms with Crippen LogP contribution in [0.5, 0.6) is 5.75 Å². The lowest BCUT2D eigenvalue weighted by Crippen LogP contribution is -2.42. The van der Waals surface area contributed by atoms with Gasteiger partial charge in [-0.2, -0.15) is 0 Å². The summed E-state index contributed by atoms with van der Waals surface area (Å²) in [5, 5.41) is 13.7. The molecule has 1 aliphatic rings. The number of nitrogens with one attached hydrogen (secondary N) is 1. The van der Waals surface area contributed by atoms with Crippen LogP contribution in [0.2, 0.25) is 0 Å². The quantitative estimate of drug-likeness (QED) is 0.603. The van der Waals surface area contributed by atoms with E-state index in [1.54, 1.807) is 11.3 Å². The van der Waals surface area contributed by atoms with Crippen molar-refractivity contribution in [2.45, 2.75) is 26.0 Å². The van der Waals surface area contributed by atoms with E-state index in [1.165, 1.54) is 10.4 Å². The summed E-state index contributed by atoms with van der Waals surface area (Å²) in [6, 6.07) is 8.05. The van der Waals surface area contributed by atoms with E-state index in [-0.39, 0.29) is 0 Å². The average molecular weight is 392 g/mol. The summed E-state index contributed by atoms with van der Waals surface area (Å²) in [4.78, 5) is 7.83. The van der Waals surface area contributed by atoms with Crippen molar-refractivity contribution in [3.05, 3.63) is 45.9 Å². The molecule has 0 radical (unpaired) electrons. The lowest BCUT2D eigenvalue weighted by Gasteiger charge is -2.28. The molecule has 1 saturated heterocycles. The number of aromatic nitrogens is 1. The number of hydrogen-bond donors (Lipinski definition) is 2. The molecule has 0 spiro atoms. The highest BCUT2D eigenvalue weighted by Gasteiger charge is 2.15. The largest absolute Gasteiger partial charge is 0.491 e. The topological polar surface area (TPSA) is 66.9 Å². The Morgan fingerprint density at radius 3 is 3.00 bits per heavy atom. The van der Waals surface area contributed by atoms with Crippen molar-refractivity contribution in [1.82, 2.24) is 15.2 Å². The molecule has 1 unspecified atom stereocenters. The fraction of sp³-hybridized carbons (Fsp3) is 0.550. The first-order valence-electron chi connectivity index (χ1n) is 9.50. The molecule has 1 fully saturated rings. The van der Waals surface area contributed by atoms with Crippen molar-refractivity contribution >= 4 is 11.3 Å². The maximum atomic E-state index is 10.2. The van der Waals surface area contributed by atoms with Gasteiger partial charge in [-0.15, -0.1) is 11.3 Å². The summed E-state index contributed by atoms with van der Waals surface area (Å²) in [6.45, 7) is 7.94. The van der Waals surface area contributed by atoms with Crippen LogP contribution in [0.4, 0.5) is 0 Å². The average Bonchev–Trinajstić information content (AvgIpc) is 3.10. The molecule has 1 aliphatic heterocycles. The van der Waals surface area contributed by atoms with Gasteiger partial charge in [-0.05, 0) is 31.0 Å². The van der Waals surface area contributed by atoms with Gasteiger partial charge in [-0.1, -0.05) is 12.1 Å². The molecule has 6 nitrogen and oxygen atoms in total. The van der Waals surface area contributed by atoms with E-state index in [0.717, 1.165) is 57.3 Å². The Labute approximate surface area is 165 Å². The van der Waals surface area contributed by atoms with Gasteiger partial charge in [0.05, 0.1) is 24.4 Å². The van der Waals surface area contributed by atoms with E-state index in [1.807, 2.05) is 23.7 Å². The third kappa shape index (κ3) is 6.86. The van der Waals surface area contributed by atoms with Gasteiger partial charge in [0.25, 0.3) is 0 Å². The number of thiazole rings is 1. The Hall–Kier alpha value is -1.51. The standard InChI is InChI=1S/C20H29N3O3S/c1-16-20(27-15-22-16)5-6-21-12-17-3-2-4-19(11-17)26-14-18(24)13-23-7-9-25-10-8-23/h2-4,11,15,18,21,24H,5-10,12-14H2,1H3. The molecule has 2 aromatic rings. The highest BCUT2D eigenvalue weighted by Crippen LogP contribution is 2.15. The Bertz CT molecular complexity index is 689. The first kappa shape index (κ1) is 20.2. The van der Waals surface area contributed by atoms with Crippen LogP contribution in [-0.4, -0.2) is 67.1 Å². The van der Waals surface area contributed by atoms with Crippen LogP contribution >= 0.6 is 11.3 Å². The van der Waals surface area contributed by atoms with Gasteiger partial charge < -0.3 is 19.9 Å². The Balaban J connectivity index is 1.37. The van der Waals surface area contributed by atoms with Gasteiger partial charge in [-0.3, -0.25) is 4.90 Å². The Morgan fingerprint density at radius 2 is 2.22 bits per heavy atom. The number of hydrogen-bond acceptors (Lipinski definition) is 7. The molecule has 0 amide bonds. The van der Waals surface area contributed by atoms with Crippen molar-refractivity contribution < 1.29 is 14.6 Å². The zero-order valence-corrected chi connectivity index (χ0v) is 16.7. The third-order valence-electron chi connectivity index (χ3n) is 4.62. The minimum absolute atomic E-state index is 0.304. The second-order valence-electron chi connectivity index (χ2n) is 6.81. The van der Waals surface area contributed by atoms with E-state index in [4.69, 9.17) is 9.47 Å². The second-order valence-corrected chi connectivity index (χ2v) is 7.75. The first-order chi connectivity index (χ1) is 13.2. The smallest absolute Gasteiger partial charge is 0.119 e. The van der Waals surface area contributed by atoms with Crippen molar-refractivity contribution in [2.24, 2.45) is 0 Å². The van der Waals surface area contributed by atoms with E-state index in [2.05, 4.69) is 28.2 Å². The minimum atomic E-state index is -0.493. The number of morpholine rings is 1. The first-order valence-corrected chi connectivity index (χ1v) is 10.4. The molecule has 1 aromatic carbocycles. The highest BCUT2D eigenvalue weighted by atomic mass is 32.1. The van der Waals surface area contributed by atoms with Crippen molar-refractivity contribution in [3.8, 4) is 5.75 Å². The summed E-state index contributed by atoms with van der Waals surface area (Å²) in [5.74, 6) is 0.800. The lowest BCUT2D eigenvalue weighted by molar-refractivity contribution is 0.00465. The Morgan fingerprint density at radius 1 is 1.37 bits per heavy atom. The molecule has 2 N–H and O–H groups in total. The number of β-amino-alcohol motifs (C(OH)–C–C–N with tert-alkyl or cyclic N) is 1. The molecule has 1 aromatic heterocycles. The van der Waals surface area contributed by atoms with Gasteiger partial charge in [0.15, 0.2) is 0 Å². The minimum Gasteiger partial charge on any atom is -0.491 e. The normalized spacial score (nSPS) is 16.4. The molecule has 3 rings (SSSR count). The molecule has 0 aliphatic carbocycles. The number of aryl methyl sites for hydroxylation is 1. The summed E-state index contributed by atoms with van der Waals surface area (Å²) in [6.07, 6.45) is 0.507. The molecule has 148 valence electrons. The Kier molecular flexibility index (Phi) is 8.04. The van der Waals surface area contributed by atoms with Crippen LogP contribution in [0.25, 0.3) is 0 Å². The van der Waals surface area contributed by atoms with E-state index < -0.39 is 6.10 Å². The molecule has 0 saturated carbocycles. The number of benzene rings is 1. The van der Waals surface area contributed by atoms with Crippen molar-refractivity contribution in [2.75, 3.05) is 46.0 Å². The van der Waals surface area contributed by atoms with Crippen LogP contribution in [0.1, 0.15) is 16.1 Å². The predicted octanol–water partition coefficient (Wildman–Crippen LogP) is 1.86. The lowest BCUT2D eigenvalue weighted by atomic mass is 10.2. The van der Waals surface area contributed by atoms with Gasteiger partial charge in [0.2, 0.25) is 0 Å². The molecular weight excluding hydrogens is 362 g/mol. The fourth-order valence-corrected chi connectivity index (χ4v) is 3.85. The zero-order chi connectivity index (χ0) is 18.9. The third-order valence-corrected chi connectivity index (χ3v) is 5.61. The molecule has 7 heteroatoms. The predicted molar refractivity (Wildman–Crippen MR) is 107 cm³/mol. The van der Waals surface area contributed by atoms with Crippen LogP contribution < -0.4 is 10.1 Å². The monoisotopic (exact) mass is 391 g/mol. The summed E-state index contributed by atoms with van der Waals surface area (Å²) >= 11 is 1.71. The van der Waals surface area contributed by atoms with Gasteiger partial charge in [0.1, 0.15) is 18.5 Å². The number of ether oxygens (including phenoxy) is 2. The number of rotatable bonds is 10. The van der Waals surface area contributed by atoms with Crippen LogP contribution in [0.15, 0.2) is 29.8 Å². The van der Waals surface area contributed by atoms with Gasteiger partial charge in [0, 0.05) is 37.6 Å². The summed E-state index contributed by atoms with van der Waals surface area (Å²) in [5.41, 5.74) is 4.21. The van der Waals surface area contributed by atoms with Crippen LogP contribution in [0, 0.1) is 6.92 Å². The zero-order valence-electron chi connectivity index (χ0n) is 15.9. The van der Waals surface area contributed by atoms with Crippen LogP contribution in [-0.2, 0) is 17.7 Å². The highest BCUT2D eigenvalue weighted by molar-refractivity contribution is 7.09. The fourth-order valence-electron chi connectivity index (χ4n) is 3.07.